The van der Waals surface area contributed by atoms with Crippen LogP contribution in [0.1, 0.15) is 51.4 Å². The van der Waals surface area contributed by atoms with Gasteiger partial charge in [-0.3, -0.25) is 0 Å². The van der Waals surface area contributed by atoms with Crippen LogP contribution in [0.25, 0.3) is 0 Å². The Balaban J connectivity index is 1.62. The van der Waals surface area contributed by atoms with Crippen LogP contribution in [0.3, 0.4) is 0 Å². The summed E-state index contributed by atoms with van der Waals surface area (Å²) in [7, 11) is 0. The molecule has 4 aliphatic carbocycles. The van der Waals surface area contributed by atoms with Crippen LogP contribution < -0.4 is 0 Å². The lowest BCUT2D eigenvalue weighted by atomic mass is 9.75. The molecule has 2 nitrogen and oxygen atoms in total. The molecule has 0 bridgehead atoms. The Morgan fingerprint density at radius 1 is 0.818 bits per heavy atom. The lowest BCUT2D eigenvalue weighted by Gasteiger charge is -2.35. The molecule has 4 rings (SSSR count). The van der Waals surface area contributed by atoms with E-state index in [1.165, 1.54) is 25.7 Å². The van der Waals surface area contributed by atoms with Gasteiger partial charge in [0.25, 0.3) is 0 Å². The Kier molecular flexibility index (Phi) is 3.36. The van der Waals surface area contributed by atoms with Crippen molar-refractivity contribution in [1.82, 2.24) is 0 Å². The average Bonchev–Trinajstić information content (AvgIpc) is 3.12. The largest absolute Gasteiger partial charge is 0.389 e. The van der Waals surface area contributed by atoms with Crippen LogP contribution in [-0.2, 0) is 0 Å². The third kappa shape index (κ3) is 1.86. The van der Waals surface area contributed by atoms with Crippen LogP contribution in [0.2, 0.25) is 0 Å². The van der Waals surface area contributed by atoms with E-state index < -0.39 is 11.2 Å². The van der Waals surface area contributed by atoms with E-state index in [1.807, 2.05) is 12.2 Å². The van der Waals surface area contributed by atoms with Gasteiger partial charge >= 0.3 is 0 Å². The molecule has 4 saturated carbocycles. The number of fused-ring (bicyclic) bond motifs is 5. The zero-order chi connectivity index (χ0) is 15.5. The smallest absolute Gasteiger partial charge is 0.0715 e. The molecule has 0 saturated heterocycles. The van der Waals surface area contributed by atoms with E-state index in [0.29, 0.717) is 35.5 Å². The van der Waals surface area contributed by atoms with Crippen LogP contribution in [0.15, 0.2) is 25.3 Å². The van der Waals surface area contributed by atoms with Crippen LogP contribution >= 0.6 is 0 Å². The molecule has 0 aromatic carbocycles. The molecule has 0 unspecified atom stereocenters. The number of hydrogen-bond acceptors (Lipinski definition) is 2. The Morgan fingerprint density at radius 3 is 1.59 bits per heavy atom. The van der Waals surface area contributed by atoms with Crippen LogP contribution in [0.4, 0.5) is 0 Å². The SMILES string of the molecule is C=CC[C@@]1(O)CC[C@@H]2C[C@H]3[C@H](C[C@H]4CC[C@](O)(CC=C)[C@H]43)[C@@H]21. The number of hydrogen-bond donors (Lipinski definition) is 2. The first-order valence-corrected chi connectivity index (χ1v) is 9.19. The fraction of sp³-hybridized carbons (Fsp3) is 0.800. The second-order valence-corrected chi connectivity index (χ2v) is 8.64. The van der Waals surface area contributed by atoms with Crippen LogP contribution in [0, 0.1) is 35.5 Å². The normalized spacial score (nSPS) is 55.7. The van der Waals surface area contributed by atoms with E-state index in [-0.39, 0.29) is 0 Å². The molecule has 122 valence electrons. The van der Waals surface area contributed by atoms with Gasteiger partial charge in [0.15, 0.2) is 0 Å². The van der Waals surface area contributed by atoms with Crippen molar-refractivity contribution in [2.45, 2.75) is 62.6 Å². The molecule has 0 radical (unpaired) electrons. The lowest BCUT2D eigenvalue weighted by Crippen LogP contribution is -2.39. The van der Waals surface area contributed by atoms with Crippen molar-refractivity contribution in [3.63, 3.8) is 0 Å². The van der Waals surface area contributed by atoms with Gasteiger partial charge in [-0.1, -0.05) is 12.2 Å². The van der Waals surface area contributed by atoms with Gasteiger partial charge in [-0.15, -0.1) is 13.2 Å². The van der Waals surface area contributed by atoms with E-state index in [2.05, 4.69) is 13.2 Å². The summed E-state index contributed by atoms with van der Waals surface area (Å²) in [5.41, 5.74) is -1.03. The molecule has 2 N–H and O–H groups in total. The molecular weight excluding hydrogens is 272 g/mol. The van der Waals surface area contributed by atoms with Crippen molar-refractivity contribution in [3.05, 3.63) is 25.3 Å². The third-order valence-corrected chi connectivity index (χ3v) is 7.77. The predicted octanol–water partition coefficient (Wildman–Crippen LogP) is 3.69. The summed E-state index contributed by atoms with van der Waals surface area (Å²) in [6.07, 6.45) is 12.0. The summed E-state index contributed by atoms with van der Waals surface area (Å²) in [6.45, 7) is 7.73. The fourth-order valence-corrected chi connectivity index (χ4v) is 7.32. The van der Waals surface area contributed by atoms with Crippen molar-refractivity contribution in [3.8, 4) is 0 Å². The van der Waals surface area contributed by atoms with Crippen molar-refractivity contribution < 1.29 is 10.2 Å². The minimum absolute atomic E-state index is 0.453. The highest BCUT2D eigenvalue weighted by Gasteiger charge is 2.65. The van der Waals surface area contributed by atoms with Crippen LogP contribution in [-0.4, -0.2) is 21.4 Å². The van der Waals surface area contributed by atoms with E-state index in [4.69, 9.17) is 0 Å². The van der Waals surface area contributed by atoms with E-state index in [9.17, 15) is 10.2 Å². The molecule has 0 aromatic heterocycles. The van der Waals surface area contributed by atoms with Gasteiger partial charge in [0, 0.05) is 0 Å². The average molecular weight is 302 g/mol. The third-order valence-electron chi connectivity index (χ3n) is 7.77. The van der Waals surface area contributed by atoms with E-state index >= 15 is 0 Å². The number of aliphatic hydroxyl groups is 2. The second kappa shape index (κ2) is 4.95. The number of rotatable bonds is 4. The monoisotopic (exact) mass is 302 g/mol. The highest BCUT2D eigenvalue weighted by Crippen LogP contribution is 2.68. The highest BCUT2D eigenvalue weighted by molar-refractivity contribution is 5.16. The predicted molar refractivity (Wildman–Crippen MR) is 88.2 cm³/mol. The fourth-order valence-electron chi connectivity index (χ4n) is 7.32. The summed E-state index contributed by atoms with van der Waals surface area (Å²) in [6, 6.07) is 0. The second-order valence-electron chi connectivity index (χ2n) is 8.64. The molecule has 4 fully saturated rings. The molecule has 4 aliphatic rings. The molecular formula is C20H30O2. The van der Waals surface area contributed by atoms with Gasteiger partial charge in [-0.05, 0) is 86.9 Å². The quantitative estimate of drug-likeness (QED) is 0.778. The van der Waals surface area contributed by atoms with Crippen molar-refractivity contribution in [1.29, 1.82) is 0 Å². The maximum absolute atomic E-state index is 11.2. The highest BCUT2D eigenvalue weighted by atomic mass is 16.3. The summed E-state index contributed by atoms with van der Waals surface area (Å²) in [4.78, 5) is 0. The zero-order valence-corrected chi connectivity index (χ0v) is 13.6. The molecule has 0 amide bonds. The van der Waals surface area contributed by atoms with Crippen molar-refractivity contribution in [2.75, 3.05) is 0 Å². The van der Waals surface area contributed by atoms with Gasteiger partial charge < -0.3 is 10.2 Å². The van der Waals surface area contributed by atoms with Crippen molar-refractivity contribution in [2.24, 2.45) is 35.5 Å². The summed E-state index contributed by atoms with van der Waals surface area (Å²) in [5.74, 6) is 3.51. The molecule has 0 aliphatic heterocycles. The summed E-state index contributed by atoms with van der Waals surface area (Å²) < 4.78 is 0. The Morgan fingerprint density at radius 2 is 1.23 bits per heavy atom. The van der Waals surface area contributed by atoms with Gasteiger partial charge in [0.05, 0.1) is 11.2 Å². The first-order valence-electron chi connectivity index (χ1n) is 9.19. The minimum Gasteiger partial charge on any atom is -0.389 e. The summed E-state index contributed by atoms with van der Waals surface area (Å²) >= 11 is 0. The van der Waals surface area contributed by atoms with Gasteiger partial charge in [-0.2, -0.15) is 0 Å². The first kappa shape index (κ1) is 15.0. The van der Waals surface area contributed by atoms with Crippen molar-refractivity contribution >= 4 is 0 Å². The molecule has 0 spiro atoms. The first-order chi connectivity index (χ1) is 10.5. The Labute approximate surface area is 134 Å². The van der Waals surface area contributed by atoms with E-state index in [1.54, 1.807) is 0 Å². The van der Waals surface area contributed by atoms with Crippen LogP contribution in [0.5, 0.6) is 0 Å². The van der Waals surface area contributed by atoms with E-state index in [0.717, 1.165) is 25.7 Å². The maximum atomic E-state index is 11.2. The molecule has 2 heteroatoms. The topological polar surface area (TPSA) is 40.5 Å². The minimum atomic E-state index is -0.513. The van der Waals surface area contributed by atoms with Gasteiger partial charge in [0.1, 0.15) is 0 Å². The molecule has 0 aromatic rings. The summed E-state index contributed by atoms with van der Waals surface area (Å²) in [5, 5.41) is 22.3. The standard InChI is InChI=1S/C20H30O2/c1-3-7-19(21)9-5-13-11-16-15(17(13)19)12-14-6-10-20(22,8-4-2)18(14)16/h3-4,13-18,21-22H,1-2,5-12H2/t13-,14-,15+,16+,17-,18-,19-,20-/m1/s1. The van der Waals surface area contributed by atoms with Gasteiger partial charge in [0.2, 0.25) is 0 Å². The molecule has 0 heterocycles. The zero-order valence-electron chi connectivity index (χ0n) is 13.6. The molecule has 8 atom stereocenters. The Bertz CT molecular complexity index is 442. The Hall–Kier alpha value is -0.600. The maximum Gasteiger partial charge on any atom is 0.0715 e. The molecule has 22 heavy (non-hydrogen) atoms. The van der Waals surface area contributed by atoms with Gasteiger partial charge in [-0.25, -0.2) is 0 Å². The lowest BCUT2D eigenvalue weighted by molar-refractivity contribution is -0.0352.